The lowest BCUT2D eigenvalue weighted by Gasteiger charge is -2.08. The van der Waals surface area contributed by atoms with Crippen LogP contribution >= 0.6 is 15.9 Å². The van der Waals surface area contributed by atoms with E-state index in [1.807, 2.05) is 36.4 Å². The van der Waals surface area contributed by atoms with Crippen molar-refractivity contribution in [1.82, 2.24) is 0 Å². The van der Waals surface area contributed by atoms with Crippen molar-refractivity contribution in [2.45, 2.75) is 0 Å². The van der Waals surface area contributed by atoms with Crippen LogP contribution in [-0.2, 0) is 0 Å². The fourth-order valence-corrected chi connectivity index (χ4v) is 2.73. The van der Waals surface area contributed by atoms with Gasteiger partial charge in [-0.25, -0.2) is 0 Å². The molecule has 0 aliphatic rings. The maximum absolute atomic E-state index is 10.7. The molecule has 0 atom stereocenters. The van der Waals surface area contributed by atoms with Gasteiger partial charge in [0.15, 0.2) is 0 Å². The van der Waals surface area contributed by atoms with Gasteiger partial charge in [-0.15, -0.1) is 0 Å². The second-order valence-corrected chi connectivity index (χ2v) is 5.23. The van der Waals surface area contributed by atoms with Crippen molar-refractivity contribution in [2.75, 3.05) is 0 Å². The molecule has 0 amide bonds. The van der Waals surface area contributed by atoms with Gasteiger partial charge in [-0.05, 0) is 28.0 Å². The number of hydrogen-bond donors (Lipinski definition) is 0. The van der Waals surface area contributed by atoms with Gasteiger partial charge in [0.25, 0.3) is 0 Å². The normalized spacial score (nSPS) is 10.6. The zero-order valence-corrected chi connectivity index (χ0v) is 11.7. The van der Waals surface area contributed by atoms with Crippen molar-refractivity contribution >= 4 is 33.0 Å². The molecule has 0 radical (unpaired) electrons. The fraction of sp³-hybridized carbons (Fsp3) is 0. The lowest BCUT2D eigenvalue weighted by Crippen LogP contribution is -1.84. The van der Waals surface area contributed by atoms with Crippen molar-refractivity contribution in [1.29, 1.82) is 0 Å². The van der Waals surface area contributed by atoms with Gasteiger partial charge in [-0.2, -0.15) is 0 Å². The average Bonchev–Trinajstić information content (AvgIpc) is 2.48. The smallest absolute Gasteiger partial charge is 0.150 e. The third kappa shape index (κ3) is 2.20. The second kappa shape index (κ2) is 4.98. The molecule has 19 heavy (non-hydrogen) atoms. The Morgan fingerprint density at radius 2 is 1.47 bits per heavy atom. The van der Waals surface area contributed by atoms with Crippen LogP contribution in [0.2, 0.25) is 0 Å². The third-order valence-electron chi connectivity index (χ3n) is 3.23. The van der Waals surface area contributed by atoms with Crippen LogP contribution in [0.3, 0.4) is 0 Å². The van der Waals surface area contributed by atoms with E-state index in [9.17, 15) is 4.79 Å². The first-order valence-electron chi connectivity index (χ1n) is 6.02. The van der Waals surface area contributed by atoms with Crippen LogP contribution in [0, 0.1) is 0 Å². The molecular weight excluding hydrogens is 300 g/mol. The number of rotatable bonds is 2. The molecule has 0 bridgehead atoms. The van der Waals surface area contributed by atoms with E-state index < -0.39 is 0 Å². The summed E-state index contributed by atoms with van der Waals surface area (Å²) < 4.78 is 1.09. The second-order valence-electron chi connectivity index (χ2n) is 4.38. The highest BCUT2D eigenvalue weighted by Gasteiger charge is 2.05. The summed E-state index contributed by atoms with van der Waals surface area (Å²) >= 11 is 3.58. The molecule has 0 heterocycles. The van der Waals surface area contributed by atoms with E-state index in [2.05, 4.69) is 40.2 Å². The van der Waals surface area contributed by atoms with Gasteiger partial charge in [-0.1, -0.05) is 70.5 Å². The summed E-state index contributed by atoms with van der Waals surface area (Å²) in [6, 6.07) is 20.1. The highest BCUT2D eigenvalue weighted by molar-refractivity contribution is 9.10. The largest absolute Gasteiger partial charge is 0.298 e. The number of hydrogen-bond acceptors (Lipinski definition) is 1. The summed E-state index contributed by atoms with van der Waals surface area (Å²) in [5.74, 6) is 0. The predicted molar refractivity (Wildman–Crippen MR) is 82.5 cm³/mol. The van der Waals surface area contributed by atoms with Gasteiger partial charge in [0, 0.05) is 10.0 Å². The van der Waals surface area contributed by atoms with Crippen molar-refractivity contribution in [3.05, 3.63) is 70.7 Å². The molecule has 0 spiro atoms. The molecular formula is C17H11BrO. The molecule has 0 unspecified atom stereocenters. The first kappa shape index (κ1) is 12.1. The van der Waals surface area contributed by atoms with Crippen LogP contribution in [0.4, 0.5) is 0 Å². The van der Waals surface area contributed by atoms with Gasteiger partial charge < -0.3 is 0 Å². The van der Waals surface area contributed by atoms with Crippen LogP contribution in [0.25, 0.3) is 21.9 Å². The zero-order chi connectivity index (χ0) is 13.2. The van der Waals surface area contributed by atoms with E-state index in [-0.39, 0.29) is 0 Å². The summed E-state index contributed by atoms with van der Waals surface area (Å²) in [7, 11) is 0. The molecule has 0 aliphatic carbocycles. The van der Waals surface area contributed by atoms with E-state index in [1.54, 1.807) is 0 Å². The Morgan fingerprint density at radius 1 is 0.789 bits per heavy atom. The molecule has 1 nitrogen and oxygen atoms in total. The van der Waals surface area contributed by atoms with Gasteiger partial charge in [-0.3, -0.25) is 4.79 Å². The van der Waals surface area contributed by atoms with Crippen LogP contribution in [0.5, 0.6) is 0 Å². The standard InChI is InChI=1S/C17H11BrO/c18-17-10-9-14(15-3-1-2-4-16(15)17)13-7-5-12(11-19)6-8-13/h1-11H. The fourth-order valence-electron chi connectivity index (χ4n) is 2.26. The van der Waals surface area contributed by atoms with Crippen LogP contribution < -0.4 is 0 Å². The van der Waals surface area contributed by atoms with E-state index in [1.165, 1.54) is 16.3 Å². The molecule has 0 saturated heterocycles. The van der Waals surface area contributed by atoms with Crippen LogP contribution in [0.15, 0.2) is 65.1 Å². The molecule has 0 aliphatic heterocycles. The summed E-state index contributed by atoms with van der Waals surface area (Å²) in [6.07, 6.45) is 0.865. The molecule has 0 N–H and O–H groups in total. The Labute approximate surface area is 120 Å². The van der Waals surface area contributed by atoms with Crippen LogP contribution in [-0.4, -0.2) is 6.29 Å². The Morgan fingerprint density at radius 3 is 2.16 bits per heavy atom. The summed E-state index contributed by atoms with van der Waals surface area (Å²) in [5.41, 5.74) is 3.00. The number of benzene rings is 3. The lowest BCUT2D eigenvalue weighted by atomic mass is 9.98. The lowest BCUT2D eigenvalue weighted by molar-refractivity contribution is 0.112. The minimum atomic E-state index is 0.699. The molecule has 0 saturated carbocycles. The molecule has 92 valence electrons. The molecule has 3 aromatic carbocycles. The van der Waals surface area contributed by atoms with E-state index in [0.29, 0.717) is 5.56 Å². The van der Waals surface area contributed by atoms with E-state index >= 15 is 0 Å². The van der Waals surface area contributed by atoms with E-state index in [0.717, 1.165) is 16.3 Å². The maximum atomic E-state index is 10.7. The quantitative estimate of drug-likeness (QED) is 0.603. The van der Waals surface area contributed by atoms with Crippen LogP contribution in [0.1, 0.15) is 10.4 Å². The average molecular weight is 311 g/mol. The van der Waals surface area contributed by atoms with Gasteiger partial charge in [0.2, 0.25) is 0 Å². The Kier molecular flexibility index (Phi) is 3.18. The number of halogens is 1. The summed E-state index contributed by atoms with van der Waals surface area (Å²) in [6.45, 7) is 0. The molecule has 0 fully saturated rings. The number of carbonyl (C=O) groups is 1. The molecule has 2 heteroatoms. The first-order chi connectivity index (χ1) is 9.29. The zero-order valence-electron chi connectivity index (χ0n) is 10.1. The Balaban J connectivity index is 2.24. The maximum Gasteiger partial charge on any atom is 0.150 e. The predicted octanol–water partition coefficient (Wildman–Crippen LogP) is 5.08. The van der Waals surface area contributed by atoms with Crippen molar-refractivity contribution in [2.24, 2.45) is 0 Å². The van der Waals surface area contributed by atoms with Gasteiger partial charge in [0.05, 0.1) is 0 Å². The number of aldehydes is 1. The topological polar surface area (TPSA) is 17.1 Å². The summed E-state index contributed by atoms with van der Waals surface area (Å²) in [5, 5.41) is 2.40. The van der Waals surface area contributed by atoms with Crippen molar-refractivity contribution in [3.8, 4) is 11.1 Å². The SMILES string of the molecule is O=Cc1ccc(-c2ccc(Br)c3ccccc23)cc1. The minimum Gasteiger partial charge on any atom is -0.298 e. The molecule has 3 aromatic rings. The Bertz CT molecular complexity index is 745. The number of fused-ring (bicyclic) bond motifs is 1. The number of carbonyl (C=O) groups excluding carboxylic acids is 1. The highest BCUT2D eigenvalue weighted by atomic mass is 79.9. The van der Waals surface area contributed by atoms with Crippen molar-refractivity contribution in [3.63, 3.8) is 0 Å². The molecule has 0 aromatic heterocycles. The van der Waals surface area contributed by atoms with Crippen molar-refractivity contribution < 1.29 is 4.79 Å². The minimum absolute atomic E-state index is 0.699. The van der Waals surface area contributed by atoms with Gasteiger partial charge in [0.1, 0.15) is 6.29 Å². The Hall–Kier alpha value is -1.93. The summed E-state index contributed by atoms with van der Waals surface area (Å²) in [4.78, 5) is 10.7. The van der Waals surface area contributed by atoms with E-state index in [4.69, 9.17) is 0 Å². The highest BCUT2D eigenvalue weighted by Crippen LogP contribution is 2.33. The van der Waals surface area contributed by atoms with Gasteiger partial charge >= 0.3 is 0 Å². The third-order valence-corrected chi connectivity index (χ3v) is 3.92. The monoisotopic (exact) mass is 310 g/mol. The molecule has 3 rings (SSSR count). The first-order valence-corrected chi connectivity index (χ1v) is 6.82.